The molecule has 1 aromatic heterocycles. The van der Waals surface area contributed by atoms with Gasteiger partial charge in [0.1, 0.15) is 0 Å². The van der Waals surface area contributed by atoms with Crippen LogP contribution < -0.4 is 5.32 Å². The minimum absolute atomic E-state index is 0.602. The third-order valence-corrected chi connectivity index (χ3v) is 6.43. The molecule has 3 rings (SSSR count). The summed E-state index contributed by atoms with van der Waals surface area (Å²) >= 11 is 1.92. The van der Waals surface area contributed by atoms with Crippen LogP contribution in [0.4, 0.5) is 0 Å². The van der Waals surface area contributed by atoms with Gasteiger partial charge in [-0.15, -0.1) is 11.3 Å². The van der Waals surface area contributed by atoms with Gasteiger partial charge in [-0.3, -0.25) is 0 Å². The predicted octanol–water partition coefficient (Wildman–Crippen LogP) is 5.54. The minimum Gasteiger partial charge on any atom is -0.306 e. The first-order valence-electron chi connectivity index (χ1n) is 8.66. The van der Waals surface area contributed by atoms with E-state index in [1.165, 1.54) is 62.7 Å². The van der Waals surface area contributed by atoms with Crippen LogP contribution in [0.1, 0.15) is 75.6 Å². The molecule has 112 valence electrons. The zero-order valence-corrected chi connectivity index (χ0v) is 13.6. The molecule has 2 heteroatoms. The lowest BCUT2D eigenvalue weighted by atomic mass is 9.69. The number of rotatable bonds is 5. The fourth-order valence-corrected chi connectivity index (χ4v) is 5.22. The van der Waals surface area contributed by atoms with Crippen LogP contribution in [-0.4, -0.2) is 6.04 Å². The van der Waals surface area contributed by atoms with Crippen molar-refractivity contribution in [2.45, 2.75) is 76.8 Å². The van der Waals surface area contributed by atoms with Crippen LogP contribution in [0.5, 0.6) is 0 Å². The molecule has 1 aromatic rings. The molecule has 20 heavy (non-hydrogen) atoms. The smallest absolute Gasteiger partial charge is 0.0416 e. The zero-order valence-electron chi connectivity index (χ0n) is 12.8. The maximum Gasteiger partial charge on any atom is 0.0416 e. The quantitative estimate of drug-likeness (QED) is 0.751. The van der Waals surface area contributed by atoms with E-state index in [0.29, 0.717) is 6.04 Å². The molecule has 2 fully saturated rings. The molecule has 1 N–H and O–H groups in total. The minimum atomic E-state index is 0.602. The summed E-state index contributed by atoms with van der Waals surface area (Å²) in [5, 5.41) is 6.22. The van der Waals surface area contributed by atoms with Crippen molar-refractivity contribution in [2.24, 2.45) is 11.8 Å². The summed E-state index contributed by atoms with van der Waals surface area (Å²) < 4.78 is 0. The first kappa shape index (κ1) is 14.6. The van der Waals surface area contributed by atoms with Crippen LogP contribution in [0.2, 0.25) is 0 Å². The topological polar surface area (TPSA) is 12.0 Å². The predicted molar refractivity (Wildman–Crippen MR) is 88.2 cm³/mol. The molecule has 4 unspecified atom stereocenters. The summed E-state index contributed by atoms with van der Waals surface area (Å²) in [4.78, 5) is 1.54. The Bertz CT molecular complexity index is 386. The summed E-state index contributed by atoms with van der Waals surface area (Å²) in [5.74, 6) is 2.09. The van der Waals surface area contributed by atoms with Crippen LogP contribution in [0, 0.1) is 11.8 Å². The Morgan fingerprint density at radius 1 is 1.20 bits per heavy atom. The fraction of sp³-hybridized carbons (Fsp3) is 0.778. The van der Waals surface area contributed by atoms with Gasteiger partial charge >= 0.3 is 0 Å². The largest absolute Gasteiger partial charge is 0.306 e. The van der Waals surface area contributed by atoms with Crippen molar-refractivity contribution in [2.75, 3.05) is 0 Å². The van der Waals surface area contributed by atoms with Gasteiger partial charge < -0.3 is 5.32 Å². The highest BCUT2D eigenvalue weighted by molar-refractivity contribution is 7.10. The lowest BCUT2D eigenvalue weighted by molar-refractivity contribution is 0.138. The first-order valence-corrected chi connectivity index (χ1v) is 9.54. The number of nitrogens with one attached hydrogen (secondary N) is 1. The van der Waals surface area contributed by atoms with E-state index < -0.39 is 0 Å². The Kier molecular flexibility index (Phi) is 5.17. The van der Waals surface area contributed by atoms with Gasteiger partial charge in [0.2, 0.25) is 0 Å². The normalized spacial score (nSPS) is 31.8. The van der Waals surface area contributed by atoms with Crippen LogP contribution >= 0.6 is 11.3 Å². The molecular formula is C18H29NS. The average molecular weight is 292 g/mol. The molecule has 0 amide bonds. The second kappa shape index (κ2) is 7.09. The van der Waals surface area contributed by atoms with Crippen molar-refractivity contribution in [1.82, 2.24) is 5.32 Å². The van der Waals surface area contributed by atoms with Gasteiger partial charge in [0.25, 0.3) is 0 Å². The molecule has 2 saturated carbocycles. The van der Waals surface area contributed by atoms with Crippen LogP contribution in [-0.2, 0) is 0 Å². The van der Waals surface area contributed by atoms with Gasteiger partial charge in [-0.2, -0.15) is 0 Å². The Labute approximate surface area is 128 Å². The number of thiophene rings is 1. The SMILES string of the molecule is CCCC(NC1CCC2CCCCC2C1)c1cccs1. The lowest BCUT2D eigenvalue weighted by Crippen LogP contribution is -2.40. The Hall–Kier alpha value is -0.340. The van der Waals surface area contributed by atoms with Crippen molar-refractivity contribution < 1.29 is 0 Å². The van der Waals surface area contributed by atoms with Crippen LogP contribution in [0.25, 0.3) is 0 Å². The summed E-state index contributed by atoms with van der Waals surface area (Å²) in [6, 6.07) is 5.88. The number of hydrogen-bond acceptors (Lipinski definition) is 2. The van der Waals surface area contributed by atoms with E-state index in [1.807, 2.05) is 11.3 Å². The monoisotopic (exact) mass is 291 g/mol. The summed E-state index contributed by atoms with van der Waals surface area (Å²) in [6.45, 7) is 2.31. The van der Waals surface area contributed by atoms with Crippen molar-refractivity contribution in [3.8, 4) is 0 Å². The van der Waals surface area contributed by atoms with Gasteiger partial charge in [-0.25, -0.2) is 0 Å². The summed E-state index contributed by atoms with van der Waals surface area (Å²) in [7, 11) is 0. The summed E-state index contributed by atoms with van der Waals surface area (Å²) in [6.07, 6.45) is 12.9. The van der Waals surface area contributed by atoms with Gasteiger partial charge in [-0.05, 0) is 49.0 Å². The number of fused-ring (bicyclic) bond motifs is 1. The van der Waals surface area contributed by atoms with Crippen molar-refractivity contribution in [3.05, 3.63) is 22.4 Å². The van der Waals surface area contributed by atoms with E-state index in [-0.39, 0.29) is 0 Å². The third kappa shape index (κ3) is 3.46. The molecule has 0 spiro atoms. The van der Waals surface area contributed by atoms with E-state index in [4.69, 9.17) is 0 Å². The van der Waals surface area contributed by atoms with E-state index in [1.54, 1.807) is 0 Å². The molecule has 0 aromatic carbocycles. The molecule has 2 aliphatic carbocycles. The highest BCUT2D eigenvalue weighted by Crippen LogP contribution is 2.41. The van der Waals surface area contributed by atoms with Crippen LogP contribution in [0.3, 0.4) is 0 Å². The maximum atomic E-state index is 4.00. The molecule has 0 saturated heterocycles. The van der Waals surface area contributed by atoms with Gasteiger partial charge in [0, 0.05) is 17.0 Å². The fourth-order valence-electron chi connectivity index (χ4n) is 4.40. The van der Waals surface area contributed by atoms with Gasteiger partial charge in [0.15, 0.2) is 0 Å². The molecular weight excluding hydrogens is 262 g/mol. The second-order valence-corrected chi connectivity index (χ2v) is 7.82. The Morgan fingerprint density at radius 3 is 2.80 bits per heavy atom. The van der Waals surface area contributed by atoms with E-state index in [2.05, 4.69) is 29.8 Å². The molecule has 1 heterocycles. The van der Waals surface area contributed by atoms with E-state index in [0.717, 1.165) is 17.9 Å². The van der Waals surface area contributed by atoms with Crippen LogP contribution in [0.15, 0.2) is 17.5 Å². The average Bonchev–Trinajstić information content (AvgIpc) is 3.01. The highest BCUT2D eigenvalue weighted by Gasteiger charge is 2.32. The molecule has 4 atom stereocenters. The molecule has 0 bridgehead atoms. The maximum absolute atomic E-state index is 4.00. The Morgan fingerprint density at radius 2 is 2.05 bits per heavy atom. The first-order chi connectivity index (χ1) is 9.86. The molecule has 2 aliphatic rings. The summed E-state index contributed by atoms with van der Waals surface area (Å²) in [5.41, 5.74) is 0. The zero-order chi connectivity index (χ0) is 13.8. The standard InChI is InChI=1S/C18H29NS/c1-2-6-17(18-9-5-12-20-18)19-16-11-10-14-7-3-4-8-15(14)13-16/h5,9,12,14-17,19H,2-4,6-8,10-11,13H2,1H3. The van der Waals surface area contributed by atoms with Crippen molar-refractivity contribution in [3.63, 3.8) is 0 Å². The highest BCUT2D eigenvalue weighted by atomic mass is 32.1. The lowest BCUT2D eigenvalue weighted by Gasteiger charge is -2.40. The van der Waals surface area contributed by atoms with Gasteiger partial charge in [-0.1, -0.05) is 45.1 Å². The van der Waals surface area contributed by atoms with Crippen molar-refractivity contribution in [1.29, 1.82) is 0 Å². The van der Waals surface area contributed by atoms with E-state index >= 15 is 0 Å². The van der Waals surface area contributed by atoms with Gasteiger partial charge in [0.05, 0.1) is 0 Å². The number of hydrogen-bond donors (Lipinski definition) is 1. The molecule has 1 nitrogen and oxygen atoms in total. The Balaban J connectivity index is 1.58. The molecule has 0 radical (unpaired) electrons. The van der Waals surface area contributed by atoms with E-state index in [9.17, 15) is 0 Å². The molecule has 0 aliphatic heterocycles. The third-order valence-electron chi connectivity index (χ3n) is 5.44. The van der Waals surface area contributed by atoms with Crippen molar-refractivity contribution >= 4 is 11.3 Å². The second-order valence-electron chi connectivity index (χ2n) is 6.84.